The zero-order valence-corrected chi connectivity index (χ0v) is 20.0. The summed E-state index contributed by atoms with van der Waals surface area (Å²) in [6.07, 6.45) is 3.83. The van der Waals surface area contributed by atoms with Crippen LogP contribution in [0.1, 0.15) is 36.5 Å². The van der Waals surface area contributed by atoms with Gasteiger partial charge in [-0.3, -0.25) is 9.69 Å². The van der Waals surface area contributed by atoms with Gasteiger partial charge in [-0.05, 0) is 52.7 Å². The van der Waals surface area contributed by atoms with Crippen molar-refractivity contribution >= 4 is 33.4 Å². The number of carbonyl (C=O) groups is 2. The number of carbonyl (C=O) groups excluding carboxylic acids is 2. The Labute approximate surface area is 191 Å². The highest BCUT2D eigenvalue weighted by Crippen LogP contribution is 2.52. The summed E-state index contributed by atoms with van der Waals surface area (Å²) in [4.78, 5) is 28.8. The number of methoxy groups -OCH3 is 3. The van der Waals surface area contributed by atoms with Crippen LogP contribution in [0.2, 0.25) is 0 Å². The van der Waals surface area contributed by atoms with Crippen molar-refractivity contribution in [2.75, 3.05) is 39.7 Å². The minimum Gasteiger partial charge on any atom is -0.504 e. The second kappa shape index (κ2) is 8.47. The number of ether oxygens (including phenoxy) is 3. The first-order valence-corrected chi connectivity index (χ1v) is 11.5. The number of hydrogen-bond acceptors (Lipinski definition) is 7. The van der Waals surface area contributed by atoms with E-state index in [0.29, 0.717) is 29.7 Å². The molecule has 4 atom stereocenters. The van der Waals surface area contributed by atoms with Crippen LogP contribution >= 0.6 is 15.9 Å². The number of anilines is 1. The first kappa shape index (κ1) is 22.1. The van der Waals surface area contributed by atoms with Gasteiger partial charge in [-0.15, -0.1) is 0 Å². The lowest BCUT2D eigenvalue weighted by Gasteiger charge is -2.45. The average molecular weight is 493 g/mol. The van der Waals surface area contributed by atoms with Gasteiger partial charge in [0.2, 0.25) is 0 Å². The van der Waals surface area contributed by atoms with Crippen molar-refractivity contribution in [3.8, 4) is 5.75 Å². The molecule has 0 amide bonds. The Bertz CT molecular complexity index is 933. The first-order valence-electron chi connectivity index (χ1n) is 10.7. The molecule has 7 nitrogen and oxygen atoms in total. The standard InChI is InChI=1S/C23H29BrN2O5/c1-5-13-11-26-9-8-23(18(26)10-14(13)15(12-29-2)22(28)31-4)21(27)19-17(30-3)7-6-16(24)20(19)25-23/h6-7,12-14,18,25H,5,8-11H2,1-4H3/b15-12+/t13-,14+,18+,23+/m1/s1. The van der Waals surface area contributed by atoms with Crippen LogP contribution in [0.3, 0.4) is 0 Å². The minimum absolute atomic E-state index is 0.0401. The number of rotatable bonds is 5. The van der Waals surface area contributed by atoms with E-state index >= 15 is 0 Å². The molecule has 3 heterocycles. The molecule has 2 fully saturated rings. The number of fused-ring (bicyclic) bond motifs is 3. The maximum Gasteiger partial charge on any atom is 0.337 e. The molecule has 1 aromatic carbocycles. The summed E-state index contributed by atoms with van der Waals surface area (Å²) in [7, 11) is 4.52. The predicted molar refractivity (Wildman–Crippen MR) is 120 cm³/mol. The van der Waals surface area contributed by atoms with Gasteiger partial charge in [0.25, 0.3) is 0 Å². The number of halogens is 1. The summed E-state index contributed by atoms with van der Waals surface area (Å²) in [5, 5.41) is 3.58. The van der Waals surface area contributed by atoms with Crippen molar-refractivity contribution in [1.29, 1.82) is 0 Å². The normalized spacial score (nSPS) is 30.0. The van der Waals surface area contributed by atoms with Gasteiger partial charge in [0.05, 0.1) is 44.4 Å². The molecule has 1 aromatic rings. The average Bonchev–Trinajstić information content (AvgIpc) is 3.30. The molecule has 3 aliphatic heterocycles. The highest BCUT2D eigenvalue weighted by molar-refractivity contribution is 9.10. The molecule has 0 radical (unpaired) electrons. The van der Waals surface area contributed by atoms with Gasteiger partial charge >= 0.3 is 5.97 Å². The van der Waals surface area contributed by atoms with Gasteiger partial charge in [0.1, 0.15) is 11.3 Å². The molecule has 0 aliphatic carbocycles. The fraction of sp³-hybridized carbons (Fsp3) is 0.565. The van der Waals surface area contributed by atoms with E-state index in [0.717, 1.165) is 29.7 Å². The minimum atomic E-state index is -0.731. The van der Waals surface area contributed by atoms with Crippen LogP contribution in [0.4, 0.5) is 5.69 Å². The van der Waals surface area contributed by atoms with Crippen LogP contribution < -0.4 is 10.1 Å². The van der Waals surface area contributed by atoms with Gasteiger partial charge in [0, 0.05) is 23.6 Å². The van der Waals surface area contributed by atoms with Crippen molar-refractivity contribution in [3.05, 3.63) is 34.0 Å². The topological polar surface area (TPSA) is 77.1 Å². The van der Waals surface area contributed by atoms with E-state index in [1.54, 1.807) is 14.2 Å². The molecule has 3 aliphatic rings. The molecule has 1 N–H and O–H groups in total. The van der Waals surface area contributed by atoms with E-state index in [4.69, 9.17) is 14.2 Å². The van der Waals surface area contributed by atoms with E-state index < -0.39 is 5.54 Å². The summed E-state index contributed by atoms with van der Waals surface area (Å²) in [5.74, 6) is 0.519. The smallest absolute Gasteiger partial charge is 0.337 e. The quantitative estimate of drug-likeness (QED) is 0.382. The van der Waals surface area contributed by atoms with Gasteiger partial charge in [0.15, 0.2) is 5.78 Å². The summed E-state index contributed by atoms with van der Waals surface area (Å²) in [6, 6.07) is 3.68. The van der Waals surface area contributed by atoms with E-state index in [2.05, 4.69) is 33.1 Å². The second-order valence-electron chi connectivity index (χ2n) is 8.50. The van der Waals surface area contributed by atoms with Gasteiger partial charge < -0.3 is 19.5 Å². The van der Waals surface area contributed by atoms with Crippen LogP contribution in [0.25, 0.3) is 0 Å². The second-order valence-corrected chi connectivity index (χ2v) is 9.35. The van der Waals surface area contributed by atoms with Gasteiger partial charge in [-0.1, -0.05) is 13.3 Å². The van der Waals surface area contributed by atoms with Crippen molar-refractivity contribution in [2.45, 2.75) is 37.8 Å². The van der Waals surface area contributed by atoms with Crippen LogP contribution in [-0.2, 0) is 14.3 Å². The van der Waals surface area contributed by atoms with Crippen molar-refractivity contribution in [1.82, 2.24) is 4.90 Å². The molecule has 1 spiro atoms. The lowest BCUT2D eigenvalue weighted by molar-refractivity contribution is -0.137. The van der Waals surface area contributed by atoms with Crippen molar-refractivity contribution in [2.24, 2.45) is 11.8 Å². The maximum absolute atomic E-state index is 13.8. The molecule has 31 heavy (non-hydrogen) atoms. The van der Waals surface area contributed by atoms with Crippen LogP contribution in [-0.4, -0.2) is 62.7 Å². The summed E-state index contributed by atoms with van der Waals surface area (Å²) < 4.78 is 16.6. The van der Waals surface area contributed by atoms with Crippen molar-refractivity contribution in [3.63, 3.8) is 0 Å². The van der Waals surface area contributed by atoms with E-state index in [1.807, 2.05) is 12.1 Å². The zero-order valence-electron chi connectivity index (χ0n) is 18.4. The Kier molecular flexibility index (Phi) is 6.05. The van der Waals surface area contributed by atoms with Gasteiger partial charge in [-0.2, -0.15) is 0 Å². The maximum atomic E-state index is 13.8. The molecule has 8 heteroatoms. The lowest BCUT2D eigenvalue weighted by atomic mass is 9.72. The highest BCUT2D eigenvalue weighted by Gasteiger charge is 2.60. The number of hydrogen-bond donors (Lipinski definition) is 1. The molecule has 0 bridgehead atoms. The molecular weight excluding hydrogens is 464 g/mol. The van der Waals surface area contributed by atoms with E-state index in [-0.39, 0.29) is 29.6 Å². The zero-order chi connectivity index (χ0) is 22.3. The lowest BCUT2D eigenvalue weighted by Crippen LogP contribution is -2.57. The molecule has 2 saturated heterocycles. The van der Waals surface area contributed by atoms with Crippen LogP contribution in [0.5, 0.6) is 5.75 Å². The molecule has 0 aromatic heterocycles. The number of esters is 1. The number of piperidine rings is 1. The fourth-order valence-electron chi connectivity index (χ4n) is 5.70. The Morgan fingerprint density at radius 2 is 2.13 bits per heavy atom. The largest absolute Gasteiger partial charge is 0.504 e. The third-order valence-electron chi connectivity index (χ3n) is 7.22. The summed E-state index contributed by atoms with van der Waals surface area (Å²) in [6.45, 7) is 3.81. The summed E-state index contributed by atoms with van der Waals surface area (Å²) in [5.41, 5.74) is 1.21. The molecule has 4 rings (SSSR count). The highest BCUT2D eigenvalue weighted by atomic mass is 79.9. The number of Topliss-reactive ketones (excluding diaryl/α,β-unsaturated/α-hetero) is 1. The molecule has 0 saturated carbocycles. The Balaban J connectivity index is 1.73. The Hall–Kier alpha value is -2.06. The molecule has 0 unspecified atom stereocenters. The van der Waals surface area contributed by atoms with Gasteiger partial charge in [-0.25, -0.2) is 4.79 Å². The summed E-state index contributed by atoms with van der Waals surface area (Å²) >= 11 is 3.59. The SMILES string of the molecule is CC[C@@H]1CN2CC[C@]3(Nc4c(Br)ccc(OC)c4C3=O)[C@@H]2C[C@@H]1/C(=C\OC)C(=O)OC. The monoisotopic (exact) mass is 492 g/mol. The number of ketones is 1. The Morgan fingerprint density at radius 1 is 1.35 bits per heavy atom. The van der Waals surface area contributed by atoms with E-state index in [9.17, 15) is 9.59 Å². The third kappa shape index (κ3) is 3.35. The Morgan fingerprint density at radius 3 is 2.77 bits per heavy atom. The van der Waals surface area contributed by atoms with E-state index in [1.165, 1.54) is 13.4 Å². The number of nitrogens with zero attached hydrogens (tertiary/aromatic N) is 1. The molecule has 168 valence electrons. The number of benzene rings is 1. The predicted octanol–water partition coefficient (Wildman–Crippen LogP) is 3.63. The van der Waals surface area contributed by atoms with Crippen molar-refractivity contribution < 1.29 is 23.8 Å². The third-order valence-corrected chi connectivity index (χ3v) is 7.89. The fourth-order valence-corrected chi connectivity index (χ4v) is 6.13. The molecular formula is C23H29BrN2O5. The van der Waals surface area contributed by atoms with Crippen LogP contribution in [0, 0.1) is 11.8 Å². The van der Waals surface area contributed by atoms with Crippen LogP contribution in [0.15, 0.2) is 28.4 Å². The first-order chi connectivity index (χ1) is 14.9. The number of nitrogens with one attached hydrogen (secondary N) is 1.